The zero-order valence-electron chi connectivity index (χ0n) is 14.0. The quantitative estimate of drug-likeness (QED) is 0.369. The molecule has 0 radical (unpaired) electrons. The van der Waals surface area contributed by atoms with Crippen molar-refractivity contribution in [1.82, 2.24) is 0 Å². The number of carbonyl (C=O) groups is 3. The van der Waals surface area contributed by atoms with E-state index in [1.807, 2.05) is 6.92 Å². The largest absolute Gasteiger partial charge is 0.466 e. The van der Waals surface area contributed by atoms with Crippen molar-refractivity contribution in [2.24, 2.45) is 5.92 Å². The van der Waals surface area contributed by atoms with Crippen molar-refractivity contribution >= 4 is 17.9 Å². The van der Waals surface area contributed by atoms with Gasteiger partial charge < -0.3 is 14.2 Å². The number of esters is 3. The van der Waals surface area contributed by atoms with Crippen LogP contribution in [0, 0.1) is 5.92 Å². The van der Waals surface area contributed by atoms with Gasteiger partial charge in [-0.2, -0.15) is 0 Å². The van der Waals surface area contributed by atoms with Crippen LogP contribution in [-0.2, 0) is 28.6 Å². The minimum Gasteiger partial charge on any atom is -0.466 e. The maximum Gasteiger partial charge on any atom is 0.333 e. The molecular weight excluding hydrogens is 288 g/mol. The van der Waals surface area contributed by atoms with Crippen LogP contribution in [0.2, 0.25) is 0 Å². The van der Waals surface area contributed by atoms with Gasteiger partial charge in [0.25, 0.3) is 0 Å². The third-order valence-electron chi connectivity index (χ3n) is 2.90. The van der Waals surface area contributed by atoms with Crippen molar-refractivity contribution in [2.75, 3.05) is 13.2 Å². The number of hydrogen-bond donors (Lipinski definition) is 0. The fraction of sp³-hybridized carbons (Fsp3) is 0.688. The predicted molar refractivity (Wildman–Crippen MR) is 81.0 cm³/mol. The first-order valence-corrected chi connectivity index (χ1v) is 7.42. The standard InChI is InChI=1S/C16H26O6/c1-6-20-16(19)12(3)10-15(22-14(5)18)9-11(2)7-8-21-13(4)17/h10-11,15H,6-9H2,1-5H3/b12-10+/t11-,15+/m0/s1. The van der Waals surface area contributed by atoms with Gasteiger partial charge in [-0.15, -0.1) is 0 Å². The van der Waals surface area contributed by atoms with Gasteiger partial charge in [-0.1, -0.05) is 6.92 Å². The third kappa shape index (κ3) is 9.96. The molecule has 126 valence electrons. The van der Waals surface area contributed by atoms with E-state index in [0.29, 0.717) is 31.6 Å². The first-order valence-electron chi connectivity index (χ1n) is 7.42. The summed E-state index contributed by atoms with van der Waals surface area (Å²) in [4.78, 5) is 33.5. The zero-order chi connectivity index (χ0) is 17.1. The predicted octanol–water partition coefficient (Wildman–Crippen LogP) is 2.41. The molecule has 0 rings (SSSR count). The van der Waals surface area contributed by atoms with E-state index in [1.54, 1.807) is 19.9 Å². The molecule has 0 spiro atoms. The molecule has 6 nitrogen and oxygen atoms in total. The molecule has 0 aromatic rings. The molecule has 6 heteroatoms. The molecule has 0 aromatic heterocycles. The van der Waals surface area contributed by atoms with E-state index in [2.05, 4.69) is 0 Å². The van der Waals surface area contributed by atoms with E-state index in [1.165, 1.54) is 13.8 Å². The molecule has 0 aromatic carbocycles. The van der Waals surface area contributed by atoms with Crippen LogP contribution in [0.5, 0.6) is 0 Å². The average molecular weight is 314 g/mol. The van der Waals surface area contributed by atoms with Crippen LogP contribution in [0.3, 0.4) is 0 Å². The van der Waals surface area contributed by atoms with Crippen molar-refractivity contribution < 1.29 is 28.6 Å². The summed E-state index contributed by atoms with van der Waals surface area (Å²) in [6.07, 6.45) is 2.29. The van der Waals surface area contributed by atoms with Crippen LogP contribution in [0.4, 0.5) is 0 Å². The molecule has 0 N–H and O–H groups in total. The van der Waals surface area contributed by atoms with Gasteiger partial charge in [-0.05, 0) is 38.7 Å². The number of carbonyl (C=O) groups excluding carboxylic acids is 3. The van der Waals surface area contributed by atoms with Gasteiger partial charge in [0, 0.05) is 19.4 Å². The molecule has 0 fully saturated rings. The van der Waals surface area contributed by atoms with Crippen molar-refractivity contribution in [1.29, 1.82) is 0 Å². The summed E-state index contributed by atoms with van der Waals surface area (Å²) < 4.78 is 15.0. The fourth-order valence-corrected chi connectivity index (χ4v) is 1.87. The first-order chi connectivity index (χ1) is 10.3. The summed E-state index contributed by atoms with van der Waals surface area (Å²) in [5.41, 5.74) is 0.403. The lowest BCUT2D eigenvalue weighted by Crippen LogP contribution is -2.20. The molecule has 0 unspecified atom stereocenters. The van der Waals surface area contributed by atoms with Gasteiger partial charge in [0.15, 0.2) is 0 Å². The summed E-state index contributed by atoms with van der Waals surface area (Å²) in [6.45, 7) is 8.62. The van der Waals surface area contributed by atoms with Gasteiger partial charge in [0.1, 0.15) is 6.10 Å². The molecule has 2 atom stereocenters. The average Bonchev–Trinajstić information content (AvgIpc) is 2.37. The molecule has 0 aliphatic carbocycles. The van der Waals surface area contributed by atoms with Crippen molar-refractivity contribution in [2.45, 2.75) is 53.6 Å². The van der Waals surface area contributed by atoms with E-state index >= 15 is 0 Å². The Morgan fingerprint density at radius 1 is 1.05 bits per heavy atom. The van der Waals surface area contributed by atoms with Crippen LogP contribution < -0.4 is 0 Å². The van der Waals surface area contributed by atoms with Crippen LogP contribution >= 0.6 is 0 Å². The van der Waals surface area contributed by atoms with Crippen molar-refractivity contribution in [3.8, 4) is 0 Å². The molecule has 0 saturated carbocycles. The Kier molecular flexibility index (Phi) is 9.91. The molecule has 0 heterocycles. The molecule has 0 amide bonds. The molecule has 0 saturated heterocycles. The van der Waals surface area contributed by atoms with Gasteiger partial charge in [0.2, 0.25) is 0 Å². The first kappa shape index (κ1) is 20.1. The van der Waals surface area contributed by atoms with E-state index in [-0.39, 0.29) is 11.9 Å². The Hall–Kier alpha value is -1.85. The lowest BCUT2D eigenvalue weighted by atomic mass is 9.99. The minimum absolute atomic E-state index is 0.162. The maximum atomic E-state index is 11.6. The highest BCUT2D eigenvalue weighted by molar-refractivity contribution is 5.87. The van der Waals surface area contributed by atoms with Crippen molar-refractivity contribution in [3.05, 3.63) is 11.6 Å². The minimum atomic E-state index is -0.505. The topological polar surface area (TPSA) is 78.9 Å². The second-order valence-corrected chi connectivity index (χ2v) is 5.19. The molecule has 22 heavy (non-hydrogen) atoms. The smallest absolute Gasteiger partial charge is 0.333 e. The lowest BCUT2D eigenvalue weighted by molar-refractivity contribution is -0.145. The SMILES string of the molecule is CCOC(=O)/C(C)=C/[C@@H](C[C@@H](C)CCOC(C)=O)OC(C)=O. The number of ether oxygens (including phenoxy) is 3. The molecule has 0 bridgehead atoms. The fourth-order valence-electron chi connectivity index (χ4n) is 1.87. The summed E-state index contributed by atoms with van der Waals surface area (Å²) in [7, 11) is 0. The highest BCUT2D eigenvalue weighted by atomic mass is 16.5. The lowest BCUT2D eigenvalue weighted by Gasteiger charge is -2.19. The summed E-state index contributed by atoms with van der Waals surface area (Å²) in [5, 5.41) is 0. The highest BCUT2D eigenvalue weighted by Gasteiger charge is 2.17. The Morgan fingerprint density at radius 2 is 1.68 bits per heavy atom. The molecule has 0 aliphatic heterocycles. The van der Waals surface area contributed by atoms with Crippen LogP contribution in [0.15, 0.2) is 11.6 Å². The highest BCUT2D eigenvalue weighted by Crippen LogP contribution is 2.16. The van der Waals surface area contributed by atoms with E-state index < -0.39 is 18.0 Å². The van der Waals surface area contributed by atoms with Crippen molar-refractivity contribution in [3.63, 3.8) is 0 Å². The van der Waals surface area contributed by atoms with Gasteiger partial charge in [-0.3, -0.25) is 9.59 Å². The third-order valence-corrected chi connectivity index (χ3v) is 2.90. The van der Waals surface area contributed by atoms with E-state index in [4.69, 9.17) is 14.2 Å². The monoisotopic (exact) mass is 314 g/mol. The Labute approximate surface area is 131 Å². The van der Waals surface area contributed by atoms with Crippen LogP contribution in [-0.4, -0.2) is 37.2 Å². The van der Waals surface area contributed by atoms with Crippen LogP contribution in [0.1, 0.15) is 47.5 Å². The summed E-state index contributed by atoms with van der Waals surface area (Å²) in [6, 6.07) is 0. The number of rotatable bonds is 9. The Balaban J connectivity index is 4.62. The zero-order valence-corrected chi connectivity index (χ0v) is 14.0. The van der Waals surface area contributed by atoms with E-state index in [0.717, 1.165) is 0 Å². The summed E-state index contributed by atoms with van der Waals surface area (Å²) >= 11 is 0. The molecule has 0 aliphatic rings. The number of hydrogen-bond acceptors (Lipinski definition) is 6. The summed E-state index contributed by atoms with van der Waals surface area (Å²) in [5.74, 6) is -0.992. The van der Waals surface area contributed by atoms with Gasteiger partial charge >= 0.3 is 17.9 Å². The molecular formula is C16H26O6. The van der Waals surface area contributed by atoms with Gasteiger partial charge in [-0.25, -0.2) is 4.79 Å². The second-order valence-electron chi connectivity index (χ2n) is 5.19. The normalized spacial score (nSPS) is 14.0. The van der Waals surface area contributed by atoms with E-state index in [9.17, 15) is 14.4 Å². The second kappa shape index (κ2) is 10.8. The Bertz CT molecular complexity index is 413. The van der Waals surface area contributed by atoms with Crippen LogP contribution in [0.25, 0.3) is 0 Å². The maximum absolute atomic E-state index is 11.6. The van der Waals surface area contributed by atoms with Gasteiger partial charge in [0.05, 0.1) is 13.2 Å². The Morgan fingerprint density at radius 3 is 2.18 bits per heavy atom.